The van der Waals surface area contributed by atoms with E-state index in [0.29, 0.717) is 0 Å². The number of methoxy groups -OCH3 is 1. The summed E-state index contributed by atoms with van der Waals surface area (Å²) in [4.78, 5) is 12.2. The second-order valence-corrected chi connectivity index (χ2v) is 7.81. The topological polar surface area (TPSA) is 35.5 Å². The third-order valence-corrected chi connectivity index (χ3v) is 6.14. The van der Waals surface area contributed by atoms with Gasteiger partial charge < -0.3 is 8.92 Å². The van der Waals surface area contributed by atoms with E-state index in [2.05, 4.69) is 6.92 Å². The fourth-order valence-corrected chi connectivity index (χ4v) is 4.87. The lowest BCUT2D eigenvalue weighted by molar-refractivity contribution is -0.150. The number of ether oxygens (including phenoxy) is 1. The molecule has 1 aromatic rings. The van der Waals surface area contributed by atoms with Crippen molar-refractivity contribution in [1.82, 2.24) is 0 Å². The minimum atomic E-state index is -4.44. The van der Waals surface area contributed by atoms with Crippen LogP contribution in [0.3, 0.4) is 0 Å². The van der Waals surface area contributed by atoms with Gasteiger partial charge in [-0.05, 0) is 60.3 Å². The summed E-state index contributed by atoms with van der Waals surface area (Å²) in [5.74, 6) is 0.0142. The van der Waals surface area contributed by atoms with Gasteiger partial charge in [-0.15, -0.1) is 0 Å². The molecule has 0 amide bonds. The lowest BCUT2D eigenvalue weighted by Crippen LogP contribution is -2.46. The summed E-state index contributed by atoms with van der Waals surface area (Å²) in [7, 11) is 1.41. The van der Waals surface area contributed by atoms with Crippen molar-refractivity contribution in [3.05, 3.63) is 29.3 Å². The van der Waals surface area contributed by atoms with Gasteiger partial charge in [0, 0.05) is 0 Å². The zero-order chi connectivity index (χ0) is 18.2. The molecule has 3 rings (SSSR count). The number of hydrogen-bond acceptors (Lipinski definition) is 4. The van der Waals surface area contributed by atoms with Crippen LogP contribution in [-0.4, -0.2) is 18.6 Å². The Morgan fingerprint density at radius 2 is 2.08 bits per heavy atom. The van der Waals surface area contributed by atoms with Gasteiger partial charge in [0.05, 0.1) is 13.0 Å². The fourth-order valence-electron chi connectivity index (χ4n) is 4.57. The summed E-state index contributed by atoms with van der Waals surface area (Å²) in [6.07, 6.45) is 4.32. The van der Waals surface area contributed by atoms with Gasteiger partial charge in [-0.2, -0.15) is 13.2 Å². The Morgan fingerprint density at radius 1 is 1.32 bits per heavy atom. The molecular weight excluding hydrogens is 353 g/mol. The van der Waals surface area contributed by atoms with E-state index in [9.17, 15) is 18.0 Å². The maximum Gasteiger partial charge on any atom is 0.479 e. The number of alkyl halides is 3. The van der Waals surface area contributed by atoms with Crippen LogP contribution in [0.2, 0.25) is 0 Å². The molecule has 0 aromatic heterocycles. The molecule has 3 atom stereocenters. The number of hydrogen-bond donors (Lipinski definition) is 0. The van der Waals surface area contributed by atoms with E-state index < -0.39 is 17.6 Å². The zero-order valence-corrected chi connectivity index (χ0v) is 15.0. The Morgan fingerprint density at radius 3 is 2.76 bits per heavy atom. The maximum absolute atomic E-state index is 12.4. The standard InChI is InChI=1S/C18H21F3O3S/c1-17-9-3-4-13(16(22)23-2)14(17)8-6-11-5-7-12(10-15(11)17)24-25-18(19,20)21/h5,7,10,13-14H,3-4,6,8-9H2,1-2H3. The Balaban J connectivity index is 1.91. The van der Waals surface area contributed by atoms with Crippen LogP contribution in [0.25, 0.3) is 0 Å². The summed E-state index contributed by atoms with van der Waals surface area (Å²) in [6, 6.07) is 5.16. The Labute approximate surface area is 149 Å². The van der Waals surface area contributed by atoms with Crippen LogP contribution in [0.5, 0.6) is 5.75 Å². The molecule has 0 spiro atoms. The normalized spacial score (nSPS) is 28.7. The number of esters is 1. The first kappa shape index (κ1) is 18.4. The molecule has 0 N–H and O–H groups in total. The Hall–Kier alpha value is -1.37. The number of fused-ring (bicyclic) bond motifs is 3. The van der Waals surface area contributed by atoms with E-state index in [0.717, 1.165) is 43.2 Å². The van der Waals surface area contributed by atoms with E-state index in [1.807, 2.05) is 6.07 Å². The predicted octanol–water partition coefficient (Wildman–Crippen LogP) is 5.03. The van der Waals surface area contributed by atoms with Gasteiger partial charge in [0.1, 0.15) is 5.75 Å². The van der Waals surface area contributed by atoms with E-state index in [1.165, 1.54) is 7.11 Å². The van der Waals surface area contributed by atoms with Crippen molar-refractivity contribution in [3.8, 4) is 5.75 Å². The number of halogens is 3. The molecule has 2 aliphatic carbocycles. The molecule has 0 aliphatic heterocycles. The van der Waals surface area contributed by atoms with Crippen LogP contribution < -0.4 is 4.18 Å². The second-order valence-electron chi connectivity index (χ2n) is 7.02. The summed E-state index contributed by atoms with van der Waals surface area (Å²) in [6.45, 7) is 2.12. The van der Waals surface area contributed by atoms with Crippen molar-refractivity contribution in [2.75, 3.05) is 7.11 Å². The highest BCUT2D eigenvalue weighted by Crippen LogP contribution is 2.53. The third kappa shape index (κ3) is 3.61. The minimum Gasteiger partial charge on any atom is -0.469 e. The van der Waals surface area contributed by atoms with Crippen molar-refractivity contribution in [3.63, 3.8) is 0 Å². The van der Waals surface area contributed by atoms with E-state index in [1.54, 1.807) is 12.1 Å². The van der Waals surface area contributed by atoms with Crippen molar-refractivity contribution >= 4 is 18.0 Å². The zero-order valence-electron chi connectivity index (χ0n) is 14.2. The molecule has 7 heteroatoms. The number of carbonyl (C=O) groups is 1. The molecular formula is C18H21F3O3S. The SMILES string of the molecule is COC(=O)C1CCCC2(C)c3cc(OSC(F)(F)F)ccc3CCC12. The average Bonchev–Trinajstić information content (AvgIpc) is 2.57. The van der Waals surface area contributed by atoms with Crippen LogP contribution in [0.4, 0.5) is 13.2 Å². The number of benzene rings is 1. The molecule has 0 heterocycles. The van der Waals surface area contributed by atoms with Crippen molar-refractivity contribution in [2.45, 2.75) is 50.0 Å². The minimum absolute atomic E-state index is 0.145. The van der Waals surface area contributed by atoms with Crippen LogP contribution in [0, 0.1) is 11.8 Å². The lowest BCUT2D eigenvalue weighted by atomic mass is 9.55. The average molecular weight is 374 g/mol. The maximum atomic E-state index is 12.4. The summed E-state index contributed by atoms with van der Waals surface area (Å²) >= 11 is -0.499. The summed E-state index contributed by atoms with van der Waals surface area (Å²) < 4.78 is 47.0. The van der Waals surface area contributed by atoms with Crippen LogP contribution >= 0.6 is 12.0 Å². The summed E-state index contributed by atoms with van der Waals surface area (Å²) in [5.41, 5.74) is -2.54. The van der Waals surface area contributed by atoms with E-state index >= 15 is 0 Å². The van der Waals surface area contributed by atoms with Crippen molar-refractivity contribution < 1.29 is 26.9 Å². The Kier molecular flexibility index (Phi) is 4.97. The molecule has 1 aromatic carbocycles. The lowest BCUT2D eigenvalue weighted by Gasteiger charge is -2.49. The molecule has 25 heavy (non-hydrogen) atoms. The molecule has 0 radical (unpaired) electrons. The molecule has 3 unspecified atom stereocenters. The van der Waals surface area contributed by atoms with Crippen molar-refractivity contribution in [1.29, 1.82) is 0 Å². The number of aryl methyl sites for hydroxylation is 1. The highest BCUT2D eigenvalue weighted by atomic mass is 32.2. The molecule has 0 saturated heterocycles. The quantitative estimate of drug-likeness (QED) is 0.549. The largest absolute Gasteiger partial charge is 0.479 e. The number of rotatable bonds is 3. The predicted molar refractivity (Wildman–Crippen MR) is 89.2 cm³/mol. The van der Waals surface area contributed by atoms with Gasteiger partial charge in [0.2, 0.25) is 0 Å². The smallest absolute Gasteiger partial charge is 0.469 e. The highest BCUT2D eigenvalue weighted by molar-refractivity contribution is 7.95. The van der Waals surface area contributed by atoms with Gasteiger partial charge in [-0.3, -0.25) is 4.79 Å². The Bertz CT molecular complexity index is 661. The van der Waals surface area contributed by atoms with Gasteiger partial charge in [-0.1, -0.05) is 19.4 Å². The van der Waals surface area contributed by atoms with Gasteiger partial charge in [-0.25, -0.2) is 0 Å². The van der Waals surface area contributed by atoms with Gasteiger partial charge >= 0.3 is 11.5 Å². The highest BCUT2D eigenvalue weighted by Gasteiger charge is 2.49. The van der Waals surface area contributed by atoms with Crippen LogP contribution in [-0.2, 0) is 21.4 Å². The van der Waals surface area contributed by atoms with Crippen LogP contribution in [0.1, 0.15) is 43.7 Å². The molecule has 1 saturated carbocycles. The first-order valence-corrected chi connectivity index (χ1v) is 9.12. The third-order valence-electron chi connectivity index (χ3n) is 5.67. The molecule has 1 fully saturated rings. The second kappa shape index (κ2) is 6.74. The van der Waals surface area contributed by atoms with Crippen molar-refractivity contribution in [2.24, 2.45) is 11.8 Å². The molecule has 2 aliphatic rings. The van der Waals surface area contributed by atoms with Crippen LogP contribution in [0.15, 0.2) is 18.2 Å². The molecule has 0 bridgehead atoms. The molecule has 138 valence electrons. The van der Waals surface area contributed by atoms with Gasteiger partial charge in [0.25, 0.3) is 0 Å². The number of carbonyl (C=O) groups excluding carboxylic acids is 1. The van der Waals surface area contributed by atoms with E-state index in [-0.39, 0.29) is 29.0 Å². The first-order chi connectivity index (χ1) is 11.7. The van der Waals surface area contributed by atoms with Gasteiger partial charge in [0.15, 0.2) is 12.0 Å². The monoisotopic (exact) mass is 374 g/mol. The van der Waals surface area contributed by atoms with E-state index in [4.69, 9.17) is 8.92 Å². The first-order valence-electron chi connectivity index (χ1n) is 8.38. The fraction of sp³-hybridized carbons (Fsp3) is 0.611. The molecule has 3 nitrogen and oxygen atoms in total. The summed E-state index contributed by atoms with van der Waals surface area (Å²) in [5, 5.41) is 0.